The van der Waals surface area contributed by atoms with Gasteiger partial charge in [-0.3, -0.25) is 47.9 Å². The fourth-order valence-electron chi connectivity index (χ4n) is 12.1. The summed E-state index contributed by atoms with van der Waals surface area (Å²) in [5.74, 6) is -9.79. The highest BCUT2D eigenvalue weighted by atomic mass is 19.4. The molecule has 10 atom stereocenters. The van der Waals surface area contributed by atoms with E-state index in [1.807, 2.05) is 0 Å². The Balaban J connectivity index is 1.34. The van der Waals surface area contributed by atoms with Crippen LogP contribution in [-0.2, 0) is 73.1 Å². The van der Waals surface area contributed by atoms with Gasteiger partial charge in [0.1, 0.15) is 60.4 Å². The van der Waals surface area contributed by atoms with Crippen LogP contribution in [0.3, 0.4) is 0 Å². The number of nitrogens with two attached hydrogens (primary N) is 2. The number of alkyl halides is 6. The third-order valence-electron chi connectivity index (χ3n) is 17.1. The topological polar surface area (TPSA) is 325 Å². The summed E-state index contributed by atoms with van der Waals surface area (Å²) in [6.07, 6.45) is -9.69. The van der Waals surface area contributed by atoms with E-state index in [0.29, 0.717) is 35.4 Å². The lowest BCUT2D eigenvalue weighted by Crippen LogP contribution is -2.60. The van der Waals surface area contributed by atoms with E-state index in [1.165, 1.54) is 9.80 Å². The van der Waals surface area contributed by atoms with Gasteiger partial charge in [0.15, 0.2) is 0 Å². The minimum Gasteiger partial charge on any atom is -0.343 e. The number of benzene rings is 4. The van der Waals surface area contributed by atoms with E-state index < -0.39 is 143 Å². The number of fused-ring (bicyclic) bond motifs is 2. The van der Waals surface area contributed by atoms with Crippen LogP contribution in [0, 0.1) is 11.8 Å². The van der Waals surface area contributed by atoms with Crippen molar-refractivity contribution >= 4 is 59.1 Å². The maximum Gasteiger partial charge on any atom is 0.416 e. The van der Waals surface area contributed by atoms with Crippen molar-refractivity contribution in [3.63, 3.8) is 0 Å². The molecule has 22 nitrogen and oxygen atoms in total. The third kappa shape index (κ3) is 20.6. The van der Waals surface area contributed by atoms with Gasteiger partial charge in [-0.25, -0.2) is 0 Å². The van der Waals surface area contributed by atoms with Crippen LogP contribution in [0.5, 0.6) is 0 Å². The first-order chi connectivity index (χ1) is 45.6. The van der Waals surface area contributed by atoms with Gasteiger partial charge in [0.2, 0.25) is 59.1 Å². The van der Waals surface area contributed by atoms with Crippen molar-refractivity contribution in [3.8, 4) is 0 Å². The zero-order valence-electron chi connectivity index (χ0n) is 54.0. The highest BCUT2D eigenvalue weighted by Crippen LogP contribution is 2.33. The van der Waals surface area contributed by atoms with Gasteiger partial charge in [-0.1, -0.05) is 113 Å². The number of hydrogen-bond donors (Lipinski definition) is 10. The number of amides is 10. The zero-order valence-corrected chi connectivity index (χ0v) is 54.0. The van der Waals surface area contributed by atoms with Gasteiger partial charge in [-0.15, -0.1) is 0 Å². The average Bonchev–Trinajstić information content (AvgIpc) is 1.35. The summed E-state index contributed by atoms with van der Waals surface area (Å²) in [5, 5.41) is 21.5. The molecule has 0 radical (unpaired) electrons. The van der Waals surface area contributed by atoms with E-state index in [4.69, 9.17) is 11.5 Å². The first-order valence-corrected chi connectivity index (χ1v) is 32.4. The summed E-state index contributed by atoms with van der Waals surface area (Å²) < 4.78 is 84.1. The molecule has 2 unspecified atom stereocenters. The fraction of sp³-hybridized carbons (Fsp3) is 0.500. The second kappa shape index (κ2) is 34.1. The Morgan fingerprint density at radius 3 is 1.03 bits per heavy atom. The number of nitrogens with one attached hydrogen (secondary N) is 8. The lowest BCUT2D eigenvalue weighted by Gasteiger charge is -2.32. The molecule has 3 fully saturated rings. The molecule has 7 rings (SSSR count). The Labute approximate surface area is 553 Å². The fourth-order valence-corrected chi connectivity index (χ4v) is 12.1. The standard InChI is InChI=1S/C68H86F6N12O10/c1-39(2)35-49-59(89)81-51(37-41-15-7-5-8-16-41)65(95)85-33-13-21-53(85)61(91)84-56(44-25-29-46(30-26-44)68(72,73)74)64(94)78-48(20-12-32-76)58(88)80-50(36-40(3)4)60(90)82-52(38-42-17-9-6-10-18-42)66(96)86-34-14-22-54(86)62(92)83-55(43-23-27-45(28-24-43)67(69,70)71)63(93)77-47(19-11-31-75)57(87)79-49/h5-10,15-18,23-30,39-40,47-56H,11-14,19-22,31-38,75-76H2,1-4H3,(H,77,93)(H,78,94)(H,79,87)(H,80,88)(H,81,89)(H,82,90)(H,83,92)(H,84,91)/t47-,48-,49-,50-,51+,52+,53-,54-,55?,56?/m0/s1. The van der Waals surface area contributed by atoms with E-state index in [-0.39, 0.29) is 126 Å². The van der Waals surface area contributed by atoms with Crippen molar-refractivity contribution in [2.45, 2.75) is 178 Å². The molecule has 28 heteroatoms. The van der Waals surface area contributed by atoms with E-state index >= 15 is 9.59 Å². The second-order valence-corrected chi connectivity index (χ2v) is 25.4. The first-order valence-electron chi connectivity index (χ1n) is 32.4. The van der Waals surface area contributed by atoms with Crippen LogP contribution < -0.4 is 54.0 Å². The first kappa shape index (κ1) is 74.5. The van der Waals surface area contributed by atoms with E-state index in [1.54, 1.807) is 88.4 Å². The smallest absolute Gasteiger partial charge is 0.343 e. The average molecular weight is 1350 g/mol. The summed E-state index contributed by atoms with van der Waals surface area (Å²) in [6, 6.07) is 8.54. The van der Waals surface area contributed by atoms with E-state index in [0.717, 1.165) is 24.3 Å². The number of carbonyl (C=O) groups is 10. The molecule has 0 aromatic heterocycles. The summed E-state index contributed by atoms with van der Waals surface area (Å²) in [5.41, 5.74) is 10.5. The number of nitrogens with zero attached hydrogens (tertiary/aromatic N) is 2. The molecule has 10 amide bonds. The highest BCUT2D eigenvalue weighted by molar-refractivity contribution is 6.00. The van der Waals surface area contributed by atoms with Crippen LogP contribution in [-0.4, -0.2) is 143 Å². The predicted octanol–water partition coefficient (Wildman–Crippen LogP) is 4.70. The molecule has 0 saturated carbocycles. The van der Waals surface area contributed by atoms with Crippen LogP contribution >= 0.6 is 0 Å². The summed E-state index contributed by atoms with van der Waals surface area (Å²) in [4.78, 5) is 151. The third-order valence-corrected chi connectivity index (χ3v) is 17.1. The monoisotopic (exact) mass is 1340 g/mol. The van der Waals surface area contributed by atoms with Crippen LogP contribution in [0.4, 0.5) is 26.3 Å². The van der Waals surface area contributed by atoms with Crippen LogP contribution in [0.15, 0.2) is 109 Å². The lowest BCUT2D eigenvalue weighted by molar-refractivity contribution is -0.143. The largest absolute Gasteiger partial charge is 0.416 e. The molecule has 3 aliphatic rings. The number of halogens is 6. The minimum atomic E-state index is -4.81. The van der Waals surface area contributed by atoms with Gasteiger partial charge in [0.05, 0.1) is 11.1 Å². The van der Waals surface area contributed by atoms with Gasteiger partial charge in [-0.2, -0.15) is 26.3 Å². The molecular formula is C68H86F6N12O10. The highest BCUT2D eigenvalue weighted by Gasteiger charge is 2.44. The van der Waals surface area contributed by atoms with Crippen molar-refractivity contribution in [2.24, 2.45) is 23.3 Å². The second-order valence-electron chi connectivity index (χ2n) is 25.4. The van der Waals surface area contributed by atoms with E-state index in [2.05, 4.69) is 42.5 Å². The maximum atomic E-state index is 15.1. The van der Waals surface area contributed by atoms with Crippen molar-refractivity contribution in [3.05, 3.63) is 143 Å². The van der Waals surface area contributed by atoms with Gasteiger partial charge in [-0.05, 0) is 136 Å². The van der Waals surface area contributed by atoms with Crippen molar-refractivity contribution < 1.29 is 74.3 Å². The molecule has 96 heavy (non-hydrogen) atoms. The number of rotatable bonds is 16. The van der Waals surface area contributed by atoms with Crippen molar-refractivity contribution in [1.29, 1.82) is 0 Å². The van der Waals surface area contributed by atoms with Crippen molar-refractivity contribution in [1.82, 2.24) is 52.3 Å². The lowest BCUT2D eigenvalue weighted by atomic mass is 9.99. The molecule has 3 saturated heterocycles. The molecule has 520 valence electrons. The quantitative estimate of drug-likeness (QED) is 0.0683. The van der Waals surface area contributed by atoms with E-state index in [9.17, 15) is 64.7 Å². The summed E-state index contributed by atoms with van der Waals surface area (Å²) in [6.45, 7) is 6.90. The van der Waals surface area contributed by atoms with Crippen LogP contribution in [0.25, 0.3) is 0 Å². The maximum absolute atomic E-state index is 15.1. The predicted molar refractivity (Wildman–Crippen MR) is 341 cm³/mol. The molecule has 3 aliphatic heterocycles. The Morgan fingerprint density at radius 2 is 0.719 bits per heavy atom. The molecule has 12 N–H and O–H groups in total. The molecular weight excluding hydrogens is 1260 g/mol. The van der Waals surface area contributed by atoms with Crippen molar-refractivity contribution in [2.75, 3.05) is 26.2 Å². The zero-order chi connectivity index (χ0) is 70.0. The summed E-state index contributed by atoms with van der Waals surface area (Å²) in [7, 11) is 0. The molecule has 0 aliphatic carbocycles. The van der Waals surface area contributed by atoms with Crippen LogP contribution in [0.1, 0.15) is 137 Å². The van der Waals surface area contributed by atoms with Crippen LogP contribution in [0.2, 0.25) is 0 Å². The van der Waals surface area contributed by atoms with Gasteiger partial charge in [0, 0.05) is 25.9 Å². The molecule has 0 spiro atoms. The Morgan fingerprint density at radius 1 is 0.406 bits per heavy atom. The molecule has 4 aromatic carbocycles. The molecule has 0 bridgehead atoms. The van der Waals surface area contributed by atoms with Gasteiger partial charge in [0.25, 0.3) is 0 Å². The van der Waals surface area contributed by atoms with Gasteiger partial charge < -0.3 is 63.8 Å². The minimum absolute atomic E-state index is 0.00366. The number of hydrogen-bond acceptors (Lipinski definition) is 12. The Bertz CT molecular complexity index is 3130. The Hall–Kier alpha value is -8.92. The normalized spacial score (nSPS) is 24.6. The molecule has 3 heterocycles. The SMILES string of the molecule is CC(C)C[C@@H]1NC(=O)[C@H](CCCN)NC(=O)C(c2ccc(C(F)(F)F)cc2)NC(=O)[C@@H]2CCCN2C(=O)[C@@H](Cc2ccccc2)NC(=O)[C@H](CC(C)C)NC(=O)[C@H](CCCN)NC(=O)C(c2ccc(C(F)(F)F)cc2)NC(=O)[C@@H]2CCCN2C(=O)[C@@H](Cc2ccccc2)NC1=O. The van der Waals surface area contributed by atoms with Gasteiger partial charge >= 0.3 is 12.4 Å². The molecule has 4 aromatic rings. The summed E-state index contributed by atoms with van der Waals surface area (Å²) >= 11 is 0. The Kier molecular flexibility index (Phi) is 26.5. The number of carbonyl (C=O) groups excluding carboxylic acids is 10.